The summed E-state index contributed by atoms with van der Waals surface area (Å²) in [6.07, 6.45) is -3.74. The van der Waals surface area contributed by atoms with Gasteiger partial charge in [-0.1, -0.05) is 16.4 Å². The second kappa shape index (κ2) is 8.76. The van der Waals surface area contributed by atoms with Crippen LogP contribution in [0, 0.1) is 12.7 Å². The molecule has 13 heteroatoms. The van der Waals surface area contributed by atoms with Crippen molar-refractivity contribution in [2.75, 3.05) is 4.90 Å². The molecular weight excluding hydrogens is 448 g/mol. The van der Waals surface area contributed by atoms with E-state index in [9.17, 15) is 22.4 Å². The van der Waals surface area contributed by atoms with Crippen LogP contribution in [-0.4, -0.2) is 31.2 Å². The zero-order valence-corrected chi connectivity index (χ0v) is 16.9. The molecule has 0 spiro atoms. The molecule has 170 valence electrons. The average Bonchev–Trinajstić information content (AvgIpc) is 3.42. The van der Waals surface area contributed by atoms with Crippen molar-refractivity contribution in [2.45, 2.75) is 26.1 Å². The first kappa shape index (κ1) is 22.0. The molecule has 4 rings (SSSR count). The van der Waals surface area contributed by atoms with Gasteiger partial charge in [-0.05, 0) is 37.3 Å². The number of pyridine rings is 1. The number of aromatic nitrogens is 5. The topological polar surface area (TPSA) is 111 Å². The lowest BCUT2D eigenvalue weighted by atomic mass is 10.2. The molecule has 4 aromatic rings. The van der Waals surface area contributed by atoms with E-state index in [-0.39, 0.29) is 35.9 Å². The number of carbonyl (C=O) groups is 1. The van der Waals surface area contributed by atoms with E-state index in [1.54, 1.807) is 13.0 Å². The van der Waals surface area contributed by atoms with Crippen LogP contribution in [0.2, 0.25) is 0 Å². The largest absolute Gasteiger partial charge is 0.471 e. The number of carbonyl (C=O) groups excluding carboxylic acids is 1. The van der Waals surface area contributed by atoms with Crippen LogP contribution in [0.25, 0.3) is 11.4 Å². The molecule has 0 saturated carbocycles. The van der Waals surface area contributed by atoms with Crippen LogP contribution in [0.5, 0.6) is 0 Å². The third-order valence-corrected chi connectivity index (χ3v) is 4.36. The minimum Gasteiger partial charge on any atom is -0.339 e. The third kappa shape index (κ3) is 5.19. The molecule has 0 radical (unpaired) electrons. The van der Waals surface area contributed by atoms with Crippen LogP contribution in [0.3, 0.4) is 0 Å². The molecule has 0 fully saturated rings. The van der Waals surface area contributed by atoms with Crippen molar-refractivity contribution in [3.05, 3.63) is 71.7 Å². The van der Waals surface area contributed by atoms with Gasteiger partial charge in [0.15, 0.2) is 5.82 Å². The van der Waals surface area contributed by atoms with Crippen LogP contribution in [-0.2, 0) is 23.9 Å². The molecule has 0 saturated heterocycles. The van der Waals surface area contributed by atoms with E-state index >= 15 is 0 Å². The van der Waals surface area contributed by atoms with Gasteiger partial charge in [-0.25, -0.2) is 4.39 Å². The van der Waals surface area contributed by atoms with Gasteiger partial charge in [0.1, 0.15) is 12.2 Å². The molecule has 0 aliphatic carbocycles. The van der Waals surface area contributed by atoms with Gasteiger partial charge in [-0.3, -0.25) is 9.78 Å². The van der Waals surface area contributed by atoms with Crippen molar-refractivity contribution in [2.24, 2.45) is 0 Å². The first-order chi connectivity index (χ1) is 15.7. The SMILES string of the molecule is Cc1noc(CC(=O)N(Cc2ccc(-c3noc(C(F)(F)F)n3)cn2)c2cccc(F)c2)n1. The van der Waals surface area contributed by atoms with Gasteiger partial charge in [-0.2, -0.15) is 23.1 Å². The predicted octanol–water partition coefficient (Wildman–Crippen LogP) is 3.76. The lowest BCUT2D eigenvalue weighted by Crippen LogP contribution is -2.32. The van der Waals surface area contributed by atoms with E-state index < -0.39 is 23.8 Å². The fraction of sp³-hybridized carbons (Fsp3) is 0.200. The lowest BCUT2D eigenvalue weighted by Gasteiger charge is -2.22. The van der Waals surface area contributed by atoms with Crippen LogP contribution in [0.15, 0.2) is 51.6 Å². The predicted molar refractivity (Wildman–Crippen MR) is 103 cm³/mol. The molecule has 3 aromatic heterocycles. The molecule has 3 heterocycles. The standard InChI is InChI=1S/C20H14F4N6O3/c1-11-26-16(32-28-11)8-17(31)30(15-4-2-3-13(21)7-15)10-14-6-5-12(9-25-14)18-27-19(33-29-18)20(22,23)24/h2-7,9H,8,10H2,1H3. The summed E-state index contributed by atoms with van der Waals surface area (Å²) in [5.74, 6) is -2.29. The number of aryl methyl sites for hydroxylation is 1. The normalized spacial score (nSPS) is 11.5. The molecule has 1 aromatic carbocycles. The summed E-state index contributed by atoms with van der Waals surface area (Å²) >= 11 is 0. The van der Waals surface area contributed by atoms with E-state index in [0.29, 0.717) is 11.5 Å². The molecule has 0 unspecified atom stereocenters. The Morgan fingerprint density at radius 1 is 1.09 bits per heavy atom. The molecule has 1 amide bonds. The first-order valence-electron chi connectivity index (χ1n) is 9.40. The van der Waals surface area contributed by atoms with E-state index in [2.05, 4.69) is 29.8 Å². The summed E-state index contributed by atoms with van der Waals surface area (Å²) in [7, 11) is 0. The fourth-order valence-electron chi connectivity index (χ4n) is 2.87. The van der Waals surface area contributed by atoms with Crippen molar-refractivity contribution in [3.63, 3.8) is 0 Å². The number of halogens is 4. The molecule has 0 N–H and O–H groups in total. The highest BCUT2D eigenvalue weighted by molar-refractivity contribution is 5.94. The maximum absolute atomic E-state index is 13.8. The molecule has 33 heavy (non-hydrogen) atoms. The fourth-order valence-corrected chi connectivity index (χ4v) is 2.87. The van der Waals surface area contributed by atoms with E-state index in [1.165, 1.54) is 41.4 Å². The maximum atomic E-state index is 13.8. The maximum Gasteiger partial charge on any atom is 0.471 e. The average molecular weight is 462 g/mol. The zero-order valence-electron chi connectivity index (χ0n) is 16.9. The van der Waals surface area contributed by atoms with Crippen LogP contribution in [0.1, 0.15) is 23.3 Å². The molecule has 0 aliphatic rings. The molecule has 0 aliphatic heterocycles. The molecule has 9 nitrogen and oxygen atoms in total. The highest BCUT2D eigenvalue weighted by Gasteiger charge is 2.38. The first-order valence-corrected chi connectivity index (χ1v) is 9.40. The quantitative estimate of drug-likeness (QED) is 0.399. The smallest absolute Gasteiger partial charge is 0.339 e. The van der Waals surface area contributed by atoms with Crippen molar-refractivity contribution in [1.29, 1.82) is 0 Å². The summed E-state index contributed by atoms with van der Waals surface area (Å²) < 4.78 is 61.0. The van der Waals surface area contributed by atoms with Crippen LogP contribution >= 0.6 is 0 Å². The number of benzene rings is 1. The van der Waals surface area contributed by atoms with Crippen LogP contribution in [0.4, 0.5) is 23.2 Å². The monoisotopic (exact) mass is 462 g/mol. The lowest BCUT2D eigenvalue weighted by molar-refractivity contribution is -0.159. The summed E-state index contributed by atoms with van der Waals surface area (Å²) in [4.78, 5) is 25.7. The third-order valence-electron chi connectivity index (χ3n) is 4.36. The van der Waals surface area contributed by atoms with Gasteiger partial charge in [-0.15, -0.1) is 0 Å². The van der Waals surface area contributed by atoms with E-state index in [4.69, 9.17) is 4.52 Å². The number of hydrogen-bond acceptors (Lipinski definition) is 8. The van der Waals surface area contributed by atoms with E-state index in [0.717, 1.165) is 0 Å². The van der Waals surface area contributed by atoms with Gasteiger partial charge in [0, 0.05) is 17.4 Å². The number of alkyl halides is 3. The highest BCUT2D eigenvalue weighted by Crippen LogP contribution is 2.29. The van der Waals surface area contributed by atoms with Crippen molar-refractivity contribution >= 4 is 11.6 Å². The van der Waals surface area contributed by atoms with Gasteiger partial charge in [0.25, 0.3) is 0 Å². The van der Waals surface area contributed by atoms with Gasteiger partial charge >= 0.3 is 12.1 Å². The number of amides is 1. The number of anilines is 1. The minimum absolute atomic E-state index is 0.0598. The van der Waals surface area contributed by atoms with E-state index in [1.807, 2.05) is 0 Å². The Morgan fingerprint density at radius 3 is 2.52 bits per heavy atom. The van der Waals surface area contributed by atoms with Crippen molar-refractivity contribution in [1.82, 2.24) is 25.3 Å². The summed E-state index contributed by atoms with van der Waals surface area (Å²) in [6, 6.07) is 8.33. The molecular formula is C20H14F4N6O3. The zero-order chi connectivity index (χ0) is 23.6. The minimum atomic E-state index is -4.76. The Morgan fingerprint density at radius 2 is 1.91 bits per heavy atom. The Kier molecular flexibility index (Phi) is 5.85. The van der Waals surface area contributed by atoms with Crippen LogP contribution < -0.4 is 4.90 Å². The van der Waals surface area contributed by atoms with Gasteiger partial charge < -0.3 is 13.9 Å². The Labute approximate surface area is 183 Å². The number of hydrogen-bond donors (Lipinski definition) is 0. The van der Waals surface area contributed by atoms with Gasteiger partial charge in [0.05, 0.1) is 12.2 Å². The van der Waals surface area contributed by atoms with Crippen molar-refractivity contribution < 1.29 is 31.4 Å². The second-order valence-corrected chi connectivity index (χ2v) is 6.83. The number of rotatable bonds is 6. The Hall–Kier alpha value is -4.16. The number of nitrogens with zero attached hydrogens (tertiary/aromatic N) is 6. The molecule has 0 bridgehead atoms. The highest BCUT2D eigenvalue weighted by atomic mass is 19.4. The Bertz CT molecular complexity index is 1270. The summed E-state index contributed by atoms with van der Waals surface area (Å²) in [5.41, 5.74) is 0.829. The summed E-state index contributed by atoms with van der Waals surface area (Å²) in [5, 5.41) is 6.94. The Balaban J connectivity index is 1.56. The van der Waals surface area contributed by atoms with Crippen molar-refractivity contribution in [3.8, 4) is 11.4 Å². The summed E-state index contributed by atoms with van der Waals surface area (Å²) in [6.45, 7) is 1.55. The second-order valence-electron chi connectivity index (χ2n) is 6.83. The van der Waals surface area contributed by atoms with Gasteiger partial charge in [0.2, 0.25) is 17.6 Å². The molecule has 0 atom stereocenters.